The van der Waals surface area contributed by atoms with Crippen LogP contribution in [0.5, 0.6) is 0 Å². The molecule has 0 spiro atoms. The second-order valence-electron chi connectivity index (χ2n) is 4.54. The molecule has 0 aromatic rings. The van der Waals surface area contributed by atoms with Crippen molar-refractivity contribution in [1.29, 1.82) is 0 Å². The lowest BCUT2D eigenvalue weighted by Gasteiger charge is -2.11. The number of hydrogen-bond donors (Lipinski definition) is 1. The molecule has 84 valence electrons. The molecule has 1 unspecified atom stereocenters. The Bertz CT molecular complexity index is 159. The van der Waals surface area contributed by atoms with E-state index < -0.39 is 0 Å². The first-order valence-corrected chi connectivity index (χ1v) is 5.98. The van der Waals surface area contributed by atoms with Crippen LogP contribution in [-0.4, -0.2) is 12.6 Å². The van der Waals surface area contributed by atoms with Crippen LogP contribution < -0.4 is 5.32 Å². The minimum Gasteiger partial charge on any atom is -0.314 e. The Morgan fingerprint density at radius 2 is 1.93 bits per heavy atom. The predicted octanol–water partition coefficient (Wildman–Crippen LogP) is 3.76. The fourth-order valence-corrected chi connectivity index (χ4v) is 1.53. The SMILES string of the molecule is CCCC(C)C(C)=CCCNC(C)C. The van der Waals surface area contributed by atoms with Gasteiger partial charge in [-0.3, -0.25) is 0 Å². The summed E-state index contributed by atoms with van der Waals surface area (Å²) in [5, 5.41) is 3.43. The standard InChI is InChI=1S/C13H27N/c1-6-8-12(4)13(5)9-7-10-14-11(2)3/h9,11-12,14H,6-8,10H2,1-5H3. The molecular formula is C13H27N. The topological polar surface area (TPSA) is 12.0 Å². The van der Waals surface area contributed by atoms with Crippen LogP contribution in [0, 0.1) is 5.92 Å². The van der Waals surface area contributed by atoms with Gasteiger partial charge in [-0.15, -0.1) is 0 Å². The van der Waals surface area contributed by atoms with E-state index in [-0.39, 0.29) is 0 Å². The van der Waals surface area contributed by atoms with Crippen molar-refractivity contribution in [1.82, 2.24) is 5.32 Å². The fourth-order valence-electron chi connectivity index (χ4n) is 1.53. The highest BCUT2D eigenvalue weighted by Gasteiger charge is 2.01. The number of allylic oxidation sites excluding steroid dienone is 1. The molecule has 1 nitrogen and oxygen atoms in total. The number of nitrogens with one attached hydrogen (secondary N) is 1. The molecule has 0 saturated carbocycles. The van der Waals surface area contributed by atoms with Crippen LogP contribution >= 0.6 is 0 Å². The van der Waals surface area contributed by atoms with Gasteiger partial charge < -0.3 is 5.32 Å². The van der Waals surface area contributed by atoms with Gasteiger partial charge in [0, 0.05) is 6.04 Å². The Labute approximate surface area is 90.0 Å². The van der Waals surface area contributed by atoms with Gasteiger partial charge in [0.25, 0.3) is 0 Å². The highest BCUT2D eigenvalue weighted by atomic mass is 14.9. The van der Waals surface area contributed by atoms with E-state index in [0.717, 1.165) is 18.9 Å². The van der Waals surface area contributed by atoms with Crippen molar-refractivity contribution in [3.63, 3.8) is 0 Å². The molecular weight excluding hydrogens is 170 g/mol. The molecule has 0 aromatic carbocycles. The van der Waals surface area contributed by atoms with Crippen LogP contribution in [0.4, 0.5) is 0 Å². The number of hydrogen-bond acceptors (Lipinski definition) is 1. The molecule has 0 heterocycles. The van der Waals surface area contributed by atoms with Gasteiger partial charge in [-0.25, -0.2) is 0 Å². The van der Waals surface area contributed by atoms with Crippen LogP contribution in [0.1, 0.15) is 53.9 Å². The molecule has 0 aliphatic rings. The largest absolute Gasteiger partial charge is 0.314 e. The van der Waals surface area contributed by atoms with Crippen molar-refractivity contribution >= 4 is 0 Å². The summed E-state index contributed by atoms with van der Waals surface area (Å²) in [6.07, 6.45) is 6.16. The molecule has 0 aliphatic carbocycles. The Hall–Kier alpha value is -0.300. The zero-order valence-corrected chi connectivity index (χ0v) is 10.6. The van der Waals surface area contributed by atoms with E-state index in [2.05, 4.69) is 46.0 Å². The van der Waals surface area contributed by atoms with Gasteiger partial charge >= 0.3 is 0 Å². The van der Waals surface area contributed by atoms with Gasteiger partial charge in [-0.1, -0.05) is 45.8 Å². The van der Waals surface area contributed by atoms with E-state index in [9.17, 15) is 0 Å². The Morgan fingerprint density at radius 1 is 1.29 bits per heavy atom. The molecule has 0 amide bonds. The maximum atomic E-state index is 3.43. The molecule has 1 N–H and O–H groups in total. The zero-order valence-electron chi connectivity index (χ0n) is 10.6. The van der Waals surface area contributed by atoms with E-state index in [4.69, 9.17) is 0 Å². The number of rotatable bonds is 7. The van der Waals surface area contributed by atoms with Crippen LogP contribution in [0.3, 0.4) is 0 Å². The molecule has 0 rings (SSSR count). The van der Waals surface area contributed by atoms with Gasteiger partial charge in [0.1, 0.15) is 0 Å². The molecule has 14 heavy (non-hydrogen) atoms. The van der Waals surface area contributed by atoms with Crippen molar-refractivity contribution in [3.8, 4) is 0 Å². The normalized spacial score (nSPS) is 14.9. The van der Waals surface area contributed by atoms with Crippen molar-refractivity contribution < 1.29 is 0 Å². The van der Waals surface area contributed by atoms with Crippen LogP contribution in [-0.2, 0) is 0 Å². The fraction of sp³-hybridized carbons (Fsp3) is 0.846. The van der Waals surface area contributed by atoms with E-state index in [1.54, 1.807) is 5.57 Å². The van der Waals surface area contributed by atoms with Gasteiger partial charge in [0.15, 0.2) is 0 Å². The maximum absolute atomic E-state index is 3.43. The van der Waals surface area contributed by atoms with E-state index in [0.29, 0.717) is 6.04 Å². The van der Waals surface area contributed by atoms with Crippen molar-refractivity contribution in [2.45, 2.75) is 59.9 Å². The quantitative estimate of drug-likeness (QED) is 0.484. The average Bonchev–Trinajstić information content (AvgIpc) is 2.12. The van der Waals surface area contributed by atoms with Gasteiger partial charge in [-0.05, 0) is 32.2 Å². The third-order valence-corrected chi connectivity index (χ3v) is 2.66. The summed E-state index contributed by atoms with van der Waals surface area (Å²) in [7, 11) is 0. The lowest BCUT2D eigenvalue weighted by Crippen LogP contribution is -2.23. The second-order valence-corrected chi connectivity index (χ2v) is 4.54. The van der Waals surface area contributed by atoms with Gasteiger partial charge in [0.05, 0.1) is 0 Å². The first-order valence-electron chi connectivity index (χ1n) is 5.98. The summed E-state index contributed by atoms with van der Waals surface area (Å²) < 4.78 is 0. The Morgan fingerprint density at radius 3 is 2.43 bits per heavy atom. The van der Waals surface area contributed by atoms with E-state index >= 15 is 0 Å². The Balaban J connectivity index is 3.65. The van der Waals surface area contributed by atoms with E-state index in [1.165, 1.54) is 12.8 Å². The monoisotopic (exact) mass is 197 g/mol. The minimum absolute atomic E-state index is 0.608. The predicted molar refractivity (Wildman–Crippen MR) is 65.6 cm³/mol. The minimum atomic E-state index is 0.608. The molecule has 1 atom stereocenters. The maximum Gasteiger partial charge on any atom is 0.00105 e. The van der Waals surface area contributed by atoms with Crippen molar-refractivity contribution in [2.24, 2.45) is 5.92 Å². The zero-order chi connectivity index (χ0) is 11.0. The molecule has 0 bridgehead atoms. The van der Waals surface area contributed by atoms with Crippen molar-refractivity contribution in [2.75, 3.05) is 6.54 Å². The molecule has 0 fully saturated rings. The molecule has 0 aliphatic heterocycles. The smallest absolute Gasteiger partial charge is 0.00105 e. The highest BCUT2D eigenvalue weighted by Crippen LogP contribution is 2.15. The first kappa shape index (κ1) is 13.7. The summed E-state index contributed by atoms with van der Waals surface area (Å²) in [5.74, 6) is 0.763. The third kappa shape index (κ3) is 7.14. The lowest BCUT2D eigenvalue weighted by molar-refractivity contribution is 0.581. The first-order chi connectivity index (χ1) is 6.57. The summed E-state index contributed by atoms with van der Waals surface area (Å²) >= 11 is 0. The summed E-state index contributed by atoms with van der Waals surface area (Å²) in [6, 6.07) is 0.608. The molecule has 0 radical (unpaired) electrons. The molecule has 1 heteroatoms. The lowest BCUT2D eigenvalue weighted by atomic mass is 9.97. The summed E-state index contributed by atoms with van der Waals surface area (Å²) in [6.45, 7) is 12.3. The van der Waals surface area contributed by atoms with Gasteiger partial charge in [-0.2, -0.15) is 0 Å². The van der Waals surface area contributed by atoms with Gasteiger partial charge in [0.2, 0.25) is 0 Å². The Kier molecular flexibility index (Phi) is 7.87. The van der Waals surface area contributed by atoms with Crippen LogP contribution in [0.15, 0.2) is 11.6 Å². The van der Waals surface area contributed by atoms with E-state index in [1.807, 2.05) is 0 Å². The second kappa shape index (κ2) is 8.05. The van der Waals surface area contributed by atoms with Crippen molar-refractivity contribution in [3.05, 3.63) is 11.6 Å². The average molecular weight is 197 g/mol. The molecule has 0 saturated heterocycles. The third-order valence-electron chi connectivity index (χ3n) is 2.66. The summed E-state index contributed by atoms with van der Waals surface area (Å²) in [5.41, 5.74) is 1.55. The highest BCUT2D eigenvalue weighted by molar-refractivity contribution is 5.02. The van der Waals surface area contributed by atoms with Crippen LogP contribution in [0.25, 0.3) is 0 Å². The summed E-state index contributed by atoms with van der Waals surface area (Å²) in [4.78, 5) is 0. The van der Waals surface area contributed by atoms with Crippen LogP contribution in [0.2, 0.25) is 0 Å². The molecule has 0 aromatic heterocycles.